The quantitative estimate of drug-likeness (QED) is 0.750. The lowest BCUT2D eigenvalue weighted by Crippen LogP contribution is -2.40. The van der Waals surface area contributed by atoms with Crippen molar-refractivity contribution in [1.29, 1.82) is 0 Å². The molecule has 1 aromatic rings. The molecule has 0 radical (unpaired) electrons. The Morgan fingerprint density at radius 3 is 2.37 bits per heavy atom. The molecule has 0 spiro atoms. The molecule has 0 saturated heterocycles. The van der Waals surface area contributed by atoms with Gasteiger partial charge in [-0.3, -0.25) is 0 Å². The highest BCUT2D eigenvalue weighted by atomic mass is 32.2. The second-order valence-electron chi connectivity index (χ2n) is 4.33. The summed E-state index contributed by atoms with van der Waals surface area (Å²) in [4.78, 5) is 11.5. The zero-order valence-corrected chi connectivity index (χ0v) is 11.8. The smallest absolute Gasteiger partial charge is 0.315 e. The largest absolute Gasteiger partial charge is 0.336 e. The van der Waals surface area contributed by atoms with Gasteiger partial charge < -0.3 is 10.6 Å². The Hall–Kier alpha value is -1.60. The van der Waals surface area contributed by atoms with Crippen LogP contribution in [0.1, 0.15) is 25.8 Å². The molecule has 1 unspecified atom stereocenters. The lowest BCUT2D eigenvalue weighted by Gasteiger charge is -2.12. The van der Waals surface area contributed by atoms with Crippen molar-refractivity contribution in [2.24, 2.45) is 5.14 Å². The van der Waals surface area contributed by atoms with Crippen molar-refractivity contribution >= 4 is 16.1 Å². The number of carbonyl (C=O) groups is 1. The lowest BCUT2D eigenvalue weighted by atomic mass is 10.2. The fraction of sp³-hybridized carbons (Fsp3) is 0.417. The van der Waals surface area contributed by atoms with Crippen LogP contribution < -0.4 is 15.8 Å². The van der Waals surface area contributed by atoms with Crippen LogP contribution >= 0.6 is 0 Å². The Labute approximate surface area is 113 Å². The van der Waals surface area contributed by atoms with Crippen LogP contribution in [0.15, 0.2) is 29.2 Å². The second kappa shape index (κ2) is 6.53. The van der Waals surface area contributed by atoms with E-state index in [-0.39, 0.29) is 17.0 Å². The Kier molecular flexibility index (Phi) is 5.31. The van der Waals surface area contributed by atoms with E-state index in [2.05, 4.69) is 10.6 Å². The molecule has 6 nitrogen and oxygen atoms in total. The summed E-state index contributed by atoms with van der Waals surface area (Å²) < 4.78 is 22.1. The molecule has 0 aromatic heterocycles. The normalized spacial score (nSPS) is 12.8. The zero-order chi connectivity index (χ0) is 14.5. The number of amides is 2. The van der Waals surface area contributed by atoms with E-state index in [1.165, 1.54) is 12.1 Å². The first kappa shape index (κ1) is 15.5. The SMILES string of the molecule is CCC(C)NC(=O)NCc1ccc(S(N)(=O)=O)cc1. The standard InChI is InChI=1S/C12H19N3O3S/c1-3-9(2)15-12(16)14-8-10-4-6-11(7-5-10)19(13,17)18/h4-7,9H,3,8H2,1-2H3,(H2,13,17,18)(H2,14,15,16). The van der Waals surface area contributed by atoms with Gasteiger partial charge in [-0.05, 0) is 31.0 Å². The third-order valence-corrected chi connectivity index (χ3v) is 3.62. The van der Waals surface area contributed by atoms with Gasteiger partial charge in [0.25, 0.3) is 0 Å². The lowest BCUT2D eigenvalue weighted by molar-refractivity contribution is 0.237. The van der Waals surface area contributed by atoms with Crippen LogP contribution in [0.5, 0.6) is 0 Å². The topological polar surface area (TPSA) is 101 Å². The van der Waals surface area contributed by atoms with Gasteiger partial charge in [0.05, 0.1) is 4.90 Å². The minimum Gasteiger partial charge on any atom is -0.336 e. The van der Waals surface area contributed by atoms with Gasteiger partial charge in [0.15, 0.2) is 0 Å². The summed E-state index contributed by atoms with van der Waals surface area (Å²) in [6.07, 6.45) is 0.858. The molecule has 0 heterocycles. The number of carbonyl (C=O) groups excluding carboxylic acids is 1. The van der Waals surface area contributed by atoms with Gasteiger partial charge in [0, 0.05) is 12.6 Å². The molecule has 0 fully saturated rings. The molecule has 19 heavy (non-hydrogen) atoms. The molecule has 4 N–H and O–H groups in total. The maximum Gasteiger partial charge on any atom is 0.315 e. The maximum atomic E-state index is 11.5. The van der Waals surface area contributed by atoms with E-state index in [1.54, 1.807) is 12.1 Å². The number of hydrogen-bond donors (Lipinski definition) is 3. The highest BCUT2D eigenvalue weighted by Crippen LogP contribution is 2.08. The second-order valence-corrected chi connectivity index (χ2v) is 5.89. The van der Waals surface area contributed by atoms with Gasteiger partial charge in [-0.25, -0.2) is 18.4 Å². The number of hydrogen-bond acceptors (Lipinski definition) is 3. The number of nitrogens with two attached hydrogens (primary N) is 1. The van der Waals surface area contributed by atoms with Gasteiger partial charge in [-0.2, -0.15) is 0 Å². The van der Waals surface area contributed by atoms with Crippen molar-refractivity contribution in [3.05, 3.63) is 29.8 Å². The molecule has 0 aliphatic heterocycles. The summed E-state index contributed by atoms with van der Waals surface area (Å²) in [5.74, 6) is 0. The molecule has 1 atom stereocenters. The summed E-state index contributed by atoms with van der Waals surface area (Å²) in [6.45, 7) is 4.23. The summed E-state index contributed by atoms with van der Waals surface area (Å²) in [5, 5.41) is 10.5. The van der Waals surface area contributed by atoms with Gasteiger partial charge in [0.2, 0.25) is 10.0 Å². The maximum absolute atomic E-state index is 11.5. The molecular weight excluding hydrogens is 266 g/mol. The van der Waals surface area contributed by atoms with Crippen molar-refractivity contribution in [3.63, 3.8) is 0 Å². The summed E-state index contributed by atoms with van der Waals surface area (Å²) >= 11 is 0. The third kappa shape index (κ3) is 5.27. The molecule has 1 aromatic carbocycles. The molecule has 106 valence electrons. The average molecular weight is 285 g/mol. The van der Waals surface area contributed by atoms with E-state index in [4.69, 9.17) is 5.14 Å². The van der Waals surface area contributed by atoms with E-state index in [9.17, 15) is 13.2 Å². The van der Waals surface area contributed by atoms with Crippen LogP contribution in [0.2, 0.25) is 0 Å². The van der Waals surface area contributed by atoms with Crippen LogP contribution in [-0.2, 0) is 16.6 Å². The first-order valence-electron chi connectivity index (χ1n) is 5.99. The third-order valence-electron chi connectivity index (χ3n) is 2.69. The fourth-order valence-corrected chi connectivity index (χ4v) is 1.87. The van der Waals surface area contributed by atoms with E-state index >= 15 is 0 Å². The monoisotopic (exact) mass is 285 g/mol. The molecule has 1 rings (SSSR count). The molecule has 0 aliphatic rings. The van der Waals surface area contributed by atoms with Gasteiger partial charge >= 0.3 is 6.03 Å². The number of sulfonamides is 1. The molecule has 2 amide bonds. The van der Waals surface area contributed by atoms with Crippen molar-refractivity contribution in [2.75, 3.05) is 0 Å². The molecule has 0 saturated carbocycles. The van der Waals surface area contributed by atoms with E-state index in [0.717, 1.165) is 12.0 Å². The van der Waals surface area contributed by atoms with Crippen LogP contribution in [-0.4, -0.2) is 20.5 Å². The molecule has 0 aliphatic carbocycles. The Morgan fingerprint density at radius 1 is 1.32 bits per heavy atom. The van der Waals surface area contributed by atoms with Crippen molar-refractivity contribution < 1.29 is 13.2 Å². The van der Waals surface area contributed by atoms with Crippen LogP contribution in [0, 0.1) is 0 Å². The highest BCUT2D eigenvalue weighted by molar-refractivity contribution is 7.89. The van der Waals surface area contributed by atoms with Crippen LogP contribution in [0.25, 0.3) is 0 Å². The van der Waals surface area contributed by atoms with Gasteiger partial charge in [0.1, 0.15) is 0 Å². The summed E-state index contributed by atoms with van der Waals surface area (Å²) in [6, 6.07) is 5.93. The number of urea groups is 1. The minimum atomic E-state index is -3.67. The molecule has 7 heteroatoms. The number of nitrogens with one attached hydrogen (secondary N) is 2. The van der Waals surface area contributed by atoms with E-state index in [0.29, 0.717) is 6.54 Å². The summed E-state index contributed by atoms with van der Waals surface area (Å²) in [5.41, 5.74) is 0.798. The highest BCUT2D eigenvalue weighted by Gasteiger charge is 2.07. The van der Waals surface area contributed by atoms with Gasteiger partial charge in [-0.15, -0.1) is 0 Å². The van der Waals surface area contributed by atoms with E-state index < -0.39 is 10.0 Å². The van der Waals surface area contributed by atoms with Crippen LogP contribution in [0.4, 0.5) is 4.79 Å². The number of rotatable bonds is 5. The Bertz CT molecular complexity index is 526. The predicted octanol–water partition coefficient (Wildman–Crippen LogP) is 0.932. The van der Waals surface area contributed by atoms with Crippen molar-refractivity contribution in [1.82, 2.24) is 10.6 Å². The Morgan fingerprint density at radius 2 is 1.89 bits per heavy atom. The first-order valence-corrected chi connectivity index (χ1v) is 7.53. The number of benzene rings is 1. The molecular formula is C12H19N3O3S. The predicted molar refractivity (Wildman–Crippen MR) is 72.9 cm³/mol. The fourth-order valence-electron chi connectivity index (χ4n) is 1.36. The number of primary sulfonamides is 1. The average Bonchev–Trinajstić information content (AvgIpc) is 2.35. The molecule has 0 bridgehead atoms. The minimum absolute atomic E-state index is 0.0558. The first-order chi connectivity index (χ1) is 8.82. The van der Waals surface area contributed by atoms with E-state index in [1.807, 2.05) is 13.8 Å². The van der Waals surface area contributed by atoms with Gasteiger partial charge in [-0.1, -0.05) is 19.1 Å². The van der Waals surface area contributed by atoms with Crippen molar-refractivity contribution in [3.8, 4) is 0 Å². The zero-order valence-electron chi connectivity index (χ0n) is 11.0. The van der Waals surface area contributed by atoms with Crippen LogP contribution in [0.3, 0.4) is 0 Å². The Balaban J connectivity index is 2.53. The summed E-state index contributed by atoms with van der Waals surface area (Å²) in [7, 11) is -3.67. The van der Waals surface area contributed by atoms with Crippen molar-refractivity contribution in [2.45, 2.75) is 37.8 Å².